The Kier molecular flexibility index (Phi) is 1.22. The molecule has 0 saturated carbocycles. The van der Waals surface area contributed by atoms with Crippen molar-refractivity contribution in [2.45, 2.75) is 18.1 Å². The van der Waals surface area contributed by atoms with Crippen LogP contribution in [0.2, 0.25) is 0 Å². The minimum Gasteiger partial charge on any atom is -0.348 e. The molecule has 0 unspecified atom stereocenters. The van der Waals surface area contributed by atoms with Crippen molar-refractivity contribution in [3.05, 3.63) is 0 Å². The molecule has 2 atom stereocenters. The van der Waals surface area contributed by atoms with Gasteiger partial charge in [-0.05, 0) is 6.92 Å². The molecular weight excluding hydrogens is 135 g/mol. The molecule has 3 heteroatoms. The highest BCUT2D eigenvalue weighted by atomic mass is 35.5. The molecule has 1 rings (SSSR count). The largest absolute Gasteiger partial charge is 0.348 e. The second-order valence-corrected chi connectivity index (χ2v) is 2.59. The van der Waals surface area contributed by atoms with Gasteiger partial charge in [-0.15, -0.1) is 11.6 Å². The first-order valence-corrected chi connectivity index (χ1v) is 3.03. The van der Waals surface area contributed by atoms with E-state index in [4.69, 9.17) is 27.9 Å². The SMILES string of the molecule is C[C@@H]1O[C@@]1(Cl)CCl. The Morgan fingerprint density at radius 3 is 2.29 bits per heavy atom. The quantitative estimate of drug-likeness (QED) is 0.399. The molecule has 0 radical (unpaired) electrons. The highest BCUT2D eigenvalue weighted by Crippen LogP contribution is 2.40. The van der Waals surface area contributed by atoms with Crippen LogP contribution >= 0.6 is 23.2 Å². The van der Waals surface area contributed by atoms with Crippen LogP contribution in [0.1, 0.15) is 6.92 Å². The number of halogens is 2. The lowest BCUT2D eigenvalue weighted by Crippen LogP contribution is -2.04. The maximum atomic E-state index is 5.62. The van der Waals surface area contributed by atoms with E-state index in [-0.39, 0.29) is 6.10 Å². The van der Waals surface area contributed by atoms with Gasteiger partial charge in [0.05, 0.1) is 5.88 Å². The van der Waals surface area contributed by atoms with Crippen LogP contribution in [0, 0.1) is 0 Å². The molecule has 1 fully saturated rings. The smallest absolute Gasteiger partial charge is 0.181 e. The minimum absolute atomic E-state index is 0.145. The van der Waals surface area contributed by atoms with Gasteiger partial charge in [-0.2, -0.15) is 0 Å². The van der Waals surface area contributed by atoms with Gasteiger partial charge in [0.25, 0.3) is 0 Å². The summed E-state index contributed by atoms with van der Waals surface area (Å²) in [5.74, 6) is 0.385. The van der Waals surface area contributed by atoms with Crippen molar-refractivity contribution in [2.24, 2.45) is 0 Å². The molecule has 42 valence electrons. The first-order chi connectivity index (χ1) is 3.19. The molecule has 0 spiro atoms. The second kappa shape index (κ2) is 1.51. The van der Waals surface area contributed by atoms with E-state index in [0.717, 1.165) is 0 Å². The molecule has 0 aliphatic carbocycles. The third-order valence-electron chi connectivity index (χ3n) is 1.10. The maximum absolute atomic E-state index is 5.62. The Balaban J connectivity index is 2.36. The first kappa shape index (κ1) is 5.67. The van der Waals surface area contributed by atoms with E-state index in [1.54, 1.807) is 0 Å². The zero-order valence-corrected chi connectivity index (χ0v) is 5.46. The van der Waals surface area contributed by atoms with Gasteiger partial charge in [0, 0.05) is 0 Å². The summed E-state index contributed by atoms with van der Waals surface area (Å²) in [6.07, 6.45) is 0.145. The van der Waals surface area contributed by atoms with Crippen LogP contribution in [0.25, 0.3) is 0 Å². The predicted molar refractivity (Wildman–Crippen MR) is 29.9 cm³/mol. The first-order valence-electron chi connectivity index (χ1n) is 2.12. The Morgan fingerprint density at radius 1 is 1.86 bits per heavy atom. The van der Waals surface area contributed by atoms with Crippen LogP contribution in [0.15, 0.2) is 0 Å². The number of epoxide rings is 1. The van der Waals surface area contributed by atoms with E-state index in [0.29, 0.717) is 5.88 Å². The lowest BCUT2D eigenvalue weighted by molar-refractivity contribution is 0.371. The average Bonchev–Trinajstić information content (AvgIpc) is 2.18. The van der Waals surface area contributed by atoms with E-state index >= 15 is 0 Å². The van der Waals surface area contributed by atoms with E-state index in [1.165, 1.54) is 0 Å². The summed E-state index contributed by atoms with van der Waals surface area (Å²) in [5.41, 5.74) is 0. The highest BCUT2D eigenvalue weighted by Gasteiger charge is 2.51. The third-order valence-corrected chi connectivity index (χ3v) is 2.17. The number of hydrogen-bond acceptors (Lipinski definition) is 1. The van der Waals surface area contributed by atoms with Gasteiger partial charge in [-0.1, -0.05) is 11.6 Å². The summed E-state index contributed by atoms with van der Waals surface area (Å²) in [6.45, 7) is 1.90. The molecule has 7 heavy (non-hydrogen) atoms. The number of hydrogen-bond donors (Lipinski definition) is 0. The van der Waals surface area contributed by atoms with Crippen LogP contribution in [0.3, 0.4) is 0 Å². The number of alkyl halides is 2. The van der Waals surface area contributed by atoms with Crippen molar-refractivity contribution in [3.8, 4) is 0 Å². The highest BCUT2D eigenvalue weighted by molar-refractivity contribution is 6.31. The van der Waals surface area contributed by atoms with Crippen molar-refractivity contribution in [1.82, 2.24) is 0 Å². The fraction of sp³-hybridized carbons (Fsp3) is 1.00. The molecule has 1 nitrogen and oxygen atoms in total. The zero-order chi connectivity index (χ0) is 5.49. The second-order valence-electron chi connectivity index (χ2n) is 1.68. The van der Waals surface area contributed by atoms with E-state index in [9.17, 15) is 0 Å². The van der Waals surface area contributed by atoms with Gasteiger partial charge in [0.1, 0.15) is 6.10 Å². The molecule has 0 N–H and O–H groups in total. The molecule has 1 heterocycles. The number of ether oxygens (including phenoxy) is 1. The summed E-state index contributed by atoms with van der Waals surface area (Å²) in [6, 6.07) is 0. The van der Waals surface area contributed by atoms with Crippen LogP contribution in [-0.4, -0.2) is 17.0 Å². The normalized spacial score (nSPS) is 49.3. The Bertz CT molecular complexity index is 81.8. The van der Waals surface area contributed by atoms with Gasteiger partial charge in [-0.3, -0.25) is 0 Å². The summed E-state index contributed by atoms with van der Waals surface area (Å²) in [7, 11) is 0. The minimum atomic E-state index is -0.512. The molecule has 0 aromatic heterocycles. The molecular formula is C4H6Cl2O. The fourth-order valence-electron chi connectivity index (χ4n) is 0.400. The molecule has 1 saturated heterocycles. The van der Waals surface area contributed by atoms with Crippen molar-refractivity contribution in [2.75, 3.05) is 5.88 Å². The monoisotopic (exact) mass is 140 g/mol. The standard InChI is InChI=1S/C4H6Cl2O/c1-3-4(6,2-5)7-3/h3H,2H2,1H3/t3-,4-/m0/s1. The fourth-order valence-corrected chi connectivity index (χ4v) is 0.814. The Labute approximate surface area is 52.5 Å². The Hall–Kier alpha value is 0.540. The molecule has 1 aliphatic heterocycles. The summed E-state index contributed by atoms with van der Waals surface area (Å²) >= 11 is 11.0. The van der Waals surface area contributed by atoms with E-state index in [2.05, 4.69) is 0 Å². The average molecular weight is 141 g/mol. The van der Waals surface area contributed by atoms with Gasteiger partial charge < -0.3 is 4.74 Å². The molecule has 0 amide bonds. The van der Waals surface area contributed by atoms with Gasteiger partial charge in [0.2, 0.25) is 0 Å². The van der Waals surface area contributed by atoms with Crippen molar-refractivity contribution >= 4 is 23.2 Å². The topological polar surface area (TPSA) is 12.5 Å². The van der Waals surface area contributed by atoms with Crippen LogP contribution in [-0.2, 0) is 4.74 Å². The molecule has 1 aliphatic rings. The summed E-state index contributed by atoms with van der Waals surface area (Å²) < 4.78 is 4.89. The number of rotatable bonds is 1. The Morgan fingerprint density at radius 2 is 2.29 bits per heavy atom. The summed E-state index contributed by atoms with van der Waals surface area (Å²) in [5, 5.41) is -0.512. The molecule has 0 bridgehead atoms. The lowest BCUT2D eigenvalue weighted by atomic mass is 10.4. The zero-order valence-electron chi connectivity index (χ0n) is 3.95. The third kappa shape index (κ3) is 0.857. The van der Waals surface area contributed by atoms with Crippen molar-refractivity contribution in [3.63, 3.8) is 0 Å². The van der Waals surface area contributed by atoms with Gasteiger partial charge in [0.15, 0.2) is 5.06 Å². The van der Waals surface area contributed by atoms with Crippen molar-refractivity contribution < 1.29 is 4.74 Å². The van der Waals surface area contributed by atoms with E-state index < -0.39 is 5.06 Å². The predicted octanol–water partition coefficient (Wildman–Crippen LogP) is 1.58. The van der Waals surface area contributed by atoms with Crippen molar-refractivity contribution in [1.29, 1.82) is 0 Å². The molecule has 0 aromatic carbocycles. The lowest BCUT2D eigenvalue weighted by Gasteiger charge is -1.89. The van der Waals surface area contributed by atoms with Crippen LogP contribution in [0.4, 0.5) is 0 Å². The van der Waals surface area contributed by atoms with Crippen LogP contribution in [0.5, 0.6) is 0 Å². The maximum Gasteiger partial charge on any atom is 0.181 e. The van der Waals surface area contributed by atoms with Gasteiger partial charge in [-0.25, -0.2) is 0 Å². The molecule has 0 aromatic rings. The summed E-state index contributed by atoms with van der Waals surface area (Å²) in [4.78, 5) is 0. The van der Waals surface area contributed by atoms with Crippen LogP contribution < -0.4 is 0 Å². The van der Waals surface area contributed by atoms with E-state index in [1.807, 2.05) is 6.92 Å². The van der Waals surface area contributed by atoms with Gasteiger partial charge >= 0.3 is 0 Å².